The fourth-order valence-corrected chi connectivity index (χ4v) is 1.35. The number of nitrogens with zero attached hydrogens (tertiary/aromatic N) is 2. The molecule has 0 saturated heterocycles. The number of carbonyl (C=O) groups is 2. The van der Waals surface area contributed by atoms with Crippen LogP contribution in [0.1, 0.15) is 6.92 Å². The summed E-state index contributed by atoms with van der Waals surface area (Å²) in [4.78, 5) is 22.5. The minimum Gasteiger partial charge on any atom is -0.450 e. The van der Waals surface area contributed by atoms with Crippen LogP contribution in [0.25, 0.3) is 0 Å². The molecule has 0 aliphatic carbocycles. The molecule has 1 rings (SSSR count). The van der Waals surface area contributed by atoms with Crippen LogP contribution >= 0.6 is 0 Å². The average molecular weight is 233 g/mol. The van der Waals surface area contributed by atoms with Gasteiger partial charge in [-0.2, -0.15) is 10.2 Å². The number of benzene rings is 1. The topological polar surface area (TPSA) is 70.9 Å². The highest BCUT2D eigenvalue weighted by Crippen LogP contribution is 2.11. The molecule has 0 heterocycles. The second-order valence-corrected chi connectivity index (χ2v) is 3.68. The number of Topliss-reactive ketones (excluding diaryl/α,β-unsaturated/α-hetero) is 1. The second-order valence-electron chi connectivity index (χ2n) is 3.18. The summed E-state index contributed by atoms with van der Waals surface area (Å²) in [6, 6.07) is 7.94. The van der Waals surface area contributed by atoms with E-state index in [1.54, 1.807) is 12.1 Å². The molecule has 6 heteroatoms. The van der Waals surface area contributed by atoms with Gasteiger partial charge in [0.2, 0.25) is 11.9 Å². The van der Waals surface area contributed by atoms with Gasteiger partial charge in [-0.3, -0.25) is 9.59 Å². The fraction of sp³-hybridized carbons (Fsp3) is 0.200. The van der Waals surface area contributed by atoms with Gasteiger partial charge in [0.05, 0.1) is 5.69 Å². The number of rotatable bonds is 4. The first-order valence-electron chi connectivity index (χ1n) is 4.83. The maximum atomic E-state index is 11.3. The van der Waals surface area contributed by atoms with E-state index in [1.165, 1.54) is 6.92 Å². The number of azo groups is 1. The quantitative estimate of drug-likeness (QED) is 0.464. The standard InChI is InChI=1S/C10H11N3O2.Al.2H/c1-7(14)9(10(11)15)13-12-8-5-3-2-4-6-8;;;/h2-6,9H,1H3,(H2,11,15);;;/q;+1;;/p-1. The van der Waals surface area contributed by atoms with E-state index in [9.17, 15) is 9.59 Å². The summed E-state index contributed by atoms with van der Waals surface area (Å²) < 4.78 is 2.51. The van der Waals surface area contributed by atoms with E-state index in [4.69, 9.17) is 0 Å². The van der Waals surface area contributed by atoms with Crippen molar-refractivity contribution in [2.24, 2.45) is 10.2 Å². The van der Waals surface area contributed by atoms with Crippen molar-refractivity contribution in [3.63, 3.8) is 0 Å². The molecule has 0 fully saturated rings. The van der Waals surface area contributed by atoms with Gasteiger partial charge >= 0.3 is 16.5 Å². The van der Waals surface area contributed by atoms with Gasteiger partial charge in [0.1, 0.15) is 0 Å². The summed E-state index contributed by atoms with van der Waals surface area (Å²) >= 11 is 0.490. The van der Waals surface area contributed by atoms with Gasteiger partial charge in [0, 0.05) is 0 Å². The van der Waals surface area contributed by atoms with Crippen molar-refractivity contribution in [3.8, 4) is 0 Å². The van der Waals surface area contributed by atoms with E-state index < -0.39 is 6.04 Å². The van der Waals surface area contributed by atoms with Crippen molar-refractivity contribution in [2.45, 2.75) is 13.0 Å². The third-order valence-electron chi connectivity index (χ3n) is 1.92. The van der Waals surface area contributed by atoms with Crippen LogP contribution in [0.4, 0.5) is 5.69 Å². The zero-order valence-electron chi connectivity index (χ0n) is 9.18. The van der Waals surface area contributed by atoms with Gasteiger partial charge in [0.15, 0.2) is 5.78 Å². The Morgan fingerprint density at radius 3 is 2.44 bits per heavy atom. The number of nitrogens with one attached hydrogen (secondary N) is 1. The summed E-state index contributed by atoms with van der Waals surface area (Å²) in [5.41, 5.74) is 0.620. The molecular formula is C10H12AlN3O2. The molecule has 0 saturated carbocycles. The predicted octanol–water partition coefficient (Wildman–Crippen LogP) is 0.392. The molecule has 0 spiro atoms. The van der Waals surface area contributed by atoms with Crippen LogP contribution < -0.4 is 4.30 Å². The summed E-state index contributed by atoms with van der Waals surface area (Å²) in [5.74, 6) is -0.702. The van der Waals surface area contributed by atoms with E-state index >= 15 is 0 Å². The number of hydrogen-bond acceptors (Lipinski definition) is 4. The number of amides is 1. The van der Waals surface area contributed by atoms with Gasteiger partial charge in [-0.15, -0.1) is 0 Å². The van der Waals surface area contributed by atoms with E-state index in [2.05, 4.69) is 14.5 Å². The van der Waals surface area contributed by atoms with E-state index in [0.29, 0.717) is 22.2 Å². The lowest BCUT2D eigenvalue weighted by molar-refractivity contribution is -0.128. The Labute approximate surface area is 102 Å². The molecule has 82 valence electrons. The van der Waals surface area contributed by atoms with E-state index in [0.717, 1.165) is 0 Å². The van der Waals surface area contributed by atoms with Crippen molar-refractivity contribution >= 4 is 33.9 Å². The number of ketones is 1. The molecular weight excluding hydrogens is 221 g/mol. The van der Waals surface area contributed by atoms with Crippen molar-refractivity contribution in [1.29, 1.82) is 0 Å². The normalized spacial score (nSPS) is 12.3. The monoisotopic (exact) mass is 233 g/mol. The Hall–Kier alpha value is -1.51. The highest BCUT2D eigenvalue weighted by Gasteiger charge is 2.20. The minimum absolute atomic E-state index is 0.312. The second kappa shape index (κ2) is 6.16. The average Bonchev–Trinajstić information content (AvgIpc) is 2.30. The van der Waals surface area contributed by atoms with E-state index in [-0.39, 0.29) is 11.7 Å². The molecule has 1 aromatic carbocycles. The first-order chi connectivity index (χ1) is 7.65. The van der Waals surface area contributed by atoms with Gasteiger partial charge in [-0.1, -0.05) is 18.2 Å². The fourth-order valence-electron chi connectivity index (χ4n) is 1.07. The summed E-state index contributed by atoms with van der Waals surface area (Å²) in [7, 11) is 0. The van der Waals surface area contributed by atoms with Crippen LogP contribution in [0, 0.1) is 0 Å². The summed E-state index contributed by atoms with van der Waals surface area (Å²) in [6.07, 6.45) is 0. The Kier molecular flexibility index (Phi) is 4.83. The van der Waals surface area contributed by atoms with Crippen molar-refractivity contribution in [1.82, 2.24) is 4.30 Å². The number of carbonyl (C=O) groups excluding carboxylic acids is 2. The third-order valence-corrected chi connectivity index (χ3v) is 2.42. The largest absolute Gasteiger partial charge is 0.450 e. The van der Waals surface area contributed by atoms with Gasteiger partial charge in [-0.25, -0.2) is 0 Å². The molecule has 5 nitrogen and oxygen atoms in total. The molecule has 1 N–H and O–H groups in total. The molecule has 1 aromatic rings. The molecule has 0 aliphatic heterocycles. The Morgan fingerprint density at radius 1 is 1.31 bits per heavy atom. The molecule has 16 heavy (non-hydrogen) atoms. The highest BCUT2D eigenvalue weighted by atomic mass is 27.1. The van der Waals surface area contributed by atoms with Crippen LogP contribution in [-0.2, 0) is 9.59 Å². The van der Waals surface area contributed by atoms with Gasteiger partial charge < -0.3 is 4.30 Å². The van der Waals surface area contributed by atoms with Crippen LogP contribution in [0.5, 0.6) is 0 Å². The summed E-state index contributed by atoms with van der Waals surface area (Å²) in [6.45, 7) is 1.32. The molecule has 0 aromatic heterocycles. The van der Waals surface area contributed by atoms with Crippen molar-refractivity contribution < 1.29 is 9.59 Å². The lowest BCUT2D eigenvalue weighted by Crippen LogP contribution is -2.35. The third kappa shape index (κ3) is 3.57. The lowest BCUT2D eigenvalue weighted by atomic mass is 10.2. The van der Waals surface area contributed by atoms with Gasteiger partial charge in [-0.05, 0) is 19.1 Å². The molecule has 1 atom stereocenters. The van der Waals surface area contributed by atoms with Gasteiger partial charge in [0.25, 0.3) is 0 Å². The predicted molar refractivity (Wildman–Crippen MR) is 62.1 cm³/mol. The Balaban J connectivity index is 2.80. The SMILES string of the molecule is CC(=O)C(N=Nc1ccccc1)C(=O)[NH][AlH2]. The number of hydrogen-bond donors (Lipinski definition) is 1. The highest BCUT2D eigenvalue weighted by molar-refractivity contribution is 6.19. The van der Waals surface area contributed by atoms with Crippen molar-refractivity contribution in [2.75, 3.05) is 0 Å². The first-order valence-corrected chi connectivity index (χ1v) is 5.83. The zero-order chi connectivity index (χ0) is 12.0. The minimum atomic E-state index is -1.03. The maximum absolute atomic E-state index is 11.3. The lowest BCUT2D eigenvalue weighted by Gasteiger charge is -2.05. The molecule has 1 amide bonds. The molecule has 0 bridgehead atoms. The van der Waals surface area contributed by atoms with Crippen LogP contribution in [0.15, 0.2) is 40.6 Å². The first kappa shape index (κ1) is 12.6. The smallest absolute Gasteiger partial charge is 0.364 e. The molecule has 1 unspecified atom stereocenters. The van der Waals surface area contributed by atoms with Crippen LogP contribution in [0.2, 0.25) is 0 Å². The van der Waals surface area contributed by atoms with Crippen LogP contribution in [-0.4, -0.2) is 34.2 Å². The molecule has 0 aliphatic rings. The Morgan fingerprint density at radius 2 is 1.94 bits per heavy atom. The van der Waals surface area contributed by atoms with Crippen molar-refractivity contribution in [3.05, 3.63) is 30.3 Å². The van der Waals surface area contributed by atoms with Crippen LogP contribution in [0.3, 0.4) is 0 Å². The maximum Gasteiger partial charge on any atom is 0.364 e. The zero-order valence-corrected chi connectivity index (χ0v) is 11.2. The molecule has 0 radical (unpaired) electrons. The van der Waals surface area contributed by atoms with E-state index in [1.807, 2.05) is 18.2 Å². The summed E-state index contributed by atoms with van der Waals surface area (Å²) in [5, 5.41) is 7.61. The Bertz CT molecular complexity index is 406.